The van der Waals surface area contributed by atoms with E-state index in [4.69, 9.17) is 0 Å². The van der Waals surface area contributed by atoms with Crippen LogP contribution in [-0.4, -0.2) is 62.2 Å². The molecular formula is C25H35FN4O4S. The van der Waals surface area contributed by atoms with Crippen LogP contribution in [0.4, 0.5) is 10.1 Å². The van der Waals surface area contributed by atoms with Crippen LogP contribution in [0.25, 0.3) is 0 Å². The highest BCUT2D eigenvalue weighted by atomic mass is 32.2. The van der Waals surface area contributed by atoms with Crippen molar-refractivity contribution in [2.24, 2.45) is 0 Å². The summed E-state index contributed by atoms with van der Waals surface area (Å²) in [5, 5.41) is 2.76. The quantitative estimate of drug-likeness (QED) is 0.537. The number of carbonyl (C=O) groups excluding carboxylic acids is 2. The minimum absolute atomic E-state index is 0.170. The van der Waals surface area contributed by atoms with Gasteiger partial charge in [-0.25, -0.2) is 8.70 Å². The third-order valence-electron chi connectivity index (χ3n) is 5.55. The Morgan fingerprint density at radius 2 is 1.66 bits per heavy atom. The number of halogens is 1. The molecule has 35 heavy (non-hydrogen) atoms. The van der Waals surface area contributed by atoms with Crippen LogP contribution in [0, 0.1) is 19.7 Å². The van der Waals surface area contributed by atoms with E-state index in [9.17, 15) is 22.4 Å². The van der Waals surface area contributed by atoms with Crippen molar-refractivity contribution >= 4 is 27.7 Å². The van der Waals surface area contributed by atoms with Crippen molar-refractivity contribution in [3.63, 3.8) is 0 Å². The van der Waals surface area contributed by atoms with Crippen molar-refractivity contribution in [1.29, 1.82) is 0 Å². The van der Waals surface area contributed by atoms with Gasteiger partial charge in [0.1, 0.15) is 18.4 Å². The van der Waals surface area contributed by atoms with Crippen molar-refractivity contribution in [2.45, 2.75) is 53.2 Å². The molecule has 2 amide bonds. The molecule has 0 heterocycles. The van der Waals surface area contributed by atoms with E-state index in [-0.39, 0.29) is 18.2 Å². The van der Waals surface area contributed by atoms with Crippen molar-refractivity contribution < 1.29 is 22.4 Å². The van der Waals surface area contributed by atoms with Gasteiger partial charge in [0.2, 0.25) is 11.8 Å². The SMILES string of the molecule is Cc1ccc(C)c(N(CC(=O)N(Cc2ccccc2F)[C@H](C)C(=O)NC(C)C)S(=O)(=O)N(C)C)c1. The van der Waals surface area contributed by atoms with E-state index in [2.05, 4.69) is 5.32 Å². The first kappa shape index (κ1) is 28.3. The number of aryl methyl sites for hydroxylation is 2. The second-order valence-electron chi connectivity index (χ2n) is 9.04. The number of anilines is 1. The molecule has 0 aliphatic carbocycles. The number of benzene rings is 2. The van der Waals surface area contributed by atoms with E-state index < -0.39 is 40.4 Å². The molecule has 2 rings (SSSR count). The van der Waals surface area contributed by atoms with E-state index in [1.807, 2.05) is 13.0 Å². The lowest BCUT2D eigenvalue weighted by molar-refractivity contribution is -0.139. The number of amides is 2. The van der Waals surface area contributed by atoms with Gasteiger partial charge in [0.15, 0.2) is 0 Å². The second kappa shape index (κ2) is 11.6. The van der Waals surface area contributed by atoms with E-state index in [1.165, 1.54) is 37.2 Å². The minimum Gasteiger partial charge on any atom is -0.352 e. The summed E-state index contributed by atoms with van der Waals surface area (Å²) in [6, 6.07) is 10.2. The van der Waals surface area contributed by atoms with Crippen LogP contribution in [0.1, 0.15) is 37.5 Å². The molecule has 0 unspecified atom stereocenters. The van der Waals surface area contributed by atoms with Crippen LogP contribution < -0.4 is 9.62 Å². The Labute approximate surface area is 207 Å². The number of hydrogen-bond donors (Lipinski definition) is 1. The smallest absolute Gasteiger partial charge is 0.304 e. The Morgan fingerprint density at radius 1 is 1.03 bits per heavy atom. The van der Waals surface area contributed by atoms with E-state index in [0.29, 0.717) is 11.3 Å². The third kappa shape index (κ3) is 7.02. The number of carbonyl (C=O) groups is 2. The van der Waals surface area contributed by atoms with Crippen LogP contribution in [-0.2, 0) is 26.3 Å². The molecule has 0 bridgehead atoms. The monoisotopic (exact) mass is 506 g/mol. The molecule has 0 aromatic heterocycles. The van der Waals surface area contributed by atoms with Gasteiger partial charge in [0, 0.05) is 32.2 Å². The first-order chi connectivity index (χ1) is 16.2. The molecule has 1 atom stereocenters. The zero-order chi connectivity index (χ0) is 26.5. The molecular weight excluding hydrogens is 471 g/mol. The van der Waals surface area contributed by atoms with Crippen molar-refractivity contribution in [1.82, 2.24) is 14.5 Å². The molecule has 0 aliphatic rings. The molecule has 10 heteroatoms. The molecule has 1 N–H and O–H groups in total. The molecule has 2 aromatic rings. The Kier molecular flexibility index (Phi) is 9.39. The Hall–Kier alpha value is -2.98. The van der Waals surface area contributed by atoms with Gasteiger partial charge in [-0.2, -0.15) is 12.7 Å². The van der Waals surface area contributed by atoms with E-state index in [1.54, 1.807) is 45.9 Å². The highest BCUT2D eigenvalue weighted by Crippen LogP contribution is 2.26. The molecule has 0 spiro atoms. The third-order valence-corrected chi connectivity index (χ3v) is 7.35. The van der Waals surface area contributed by atoms with Gasteiger partial charge in [-0.15, -0.1) is 0 Å². The fourth-order valence-electron chi connectivity index (χ4n) is 3.49. The van der Waals surface area contributed by atoms with Gasteiger partial charge in [-0.05, 0) is 57.9 Å². The maximum Gasteiger partial charge on any atom is 0.304 e. The number of nitrogens with one attached hydrogen (secondary N) is 1. The number of nitrogens with zero attached hydrogens (tertiary/aromatic N) is 3. The average molecular weight is 507 g/mol. The van der Waals surface area contributed by atoms with Crippen LogP contribution in [0.15, 0.2) is 42.5 Å². The second-order valence-corrected chi connectivity index (χ2v) is 11.1. The largest absolute Gasteiger partial charge is 0.352 e. The van der Waals surface area contributed by atoms with Gasteiger partial charge >= 0.3 is 10.2 Å². The maximum atomic E-state index is 14.5. The Morgan fingerprint density at radius 3 is 2.23 bits per heavy atom. The molecule has 0 fully saturated rings. The summed E-state index contributed by atoms with van der Waals surface area (Å²) >= 11 is 0. The van der Waals surface area contributed by atoms with Gasteiger partial charge in [0.05, 0.1) is 5.69 Å². The van der Waals surface area contributed by atoms with Gasteiger partial charge in [0.25, 0.3) is 0 Å². The summed E-state index contributed by atoms with van der Waals surface area (Å²) in [7, 11) is -1.30. The highest BCUT2D eigenvalue weighted by molar-refractivity contribution is 7.90. The summed E-state index contributed by atoms with van der Waals surface area (Å²) in [5.74, 6) is -1.57. The van der Waals surface area contributed by atoms with Crippen LogP contribution in [0.5, 0.6) is 0 Å². The van der Waals surface area contributed by atoms with Crippen LogP contribution in [0.2, 0.25) is 0 Å². The molecule has 0 radical (unpaired) electrons. The van der Waals surface area contributed by atoms with Crippen molar-refractivity contribution in [3.8, 4) is 0 Å². The topological polar surface area (TPSA) is 90.0 Å². The highest BCUT2D eigenvalue weighted by Gasteiger charge is 2.33. The lowest BCUT2D eigenvalue weighted by Gasteiger charge is -2.33. The summed E-state index contributed by atoms with van der Waals surface area (Å²) in [6.45, 7) is 7.96. The normalized spacial score (nSPS) is 12.5. The molecule has 192 valence electrons. The molecule has 2 aromatic carbocycles. The first-order valence-electron chi connectivity index (χ1n) is 11.4. The van der Waals surface area contributed by atoms with Gasteiger partial charge in [-0.3, -0.25) is 9.59 Å². The Balaban J connectivity index is 2.53. The van der Waals surface area contributed by atoms with Gasteiger partial charge < -0.3 is 10.2 Å². The predicted molar refractivity (Wildman–Crippen MR) is 136 cm³/mol. The summed E-state index contributed by atoms with van der Waals surface area (Å²) in [6.07, 6.45) is 0. The summed E-state index contributed by atoms with van der Waals surface area (Å²) < 4.78 is 43.0. The zero-order valence-corrected chi connectivity index (χ0v) is 22.2. The lowest BCUT2D eigenvalue weighted by Crippen LogP contribution is -2.53. The minimum atomic E-state index is -4.06. The van der Waals surface area contributed by atoms with Crippen molar-refractivity contribution in [2.75, 3.05) is 24.9 Å². The standard InChI is InChI=1S/C25H35FN4O4S/c1-17(2)27-25(32)20(5)29(15-21-10-8-9-11-22(21)26)24(31)16-30(35(33,34)28(6)7)23-14-18(3)12-13-19(23)4/h8-14,17,20H,15-16H2,1-7H3,(H,27,32)/t20-/m1/s1. The summed E-state index contributed by atoms with van der Waals surface area (Å²) in [5.41, 5.74) is 2.07. The number of hydrogen-bond acceptors (Lipinski definition) is 4. The van der Waals surface area contributed by atoms with Crippen LogP contribution >= 0.6 is 0 Å². The lowest BCUT2D eigenvalue weighted by atomic mass is 10.1. The average Bonchev–Trinajstić information content (AvgIpc) is 2.77. The molecule has 0 aliphatic heterocycles. The molecule has 0 saturated heterocycles. The Bertz CT molecular complexity index is 1170. The zero-order valence-electron chi connectivity index (χ0n) is 21.4. The first-order valence-corrected chi connectivity index (χ1v) is 12.8. The van der Waals surface area contributed by atoms with Crippen molar-refractivity contribution in [3.05, 3.63) is 65.0 Å². The molecule has 0 saturated carbocycles. The fourth-order valence-corrected chi connectivity index (χ4v) is 4.60. The van der Waals surface area contributed by atoms with E-state index >= 15 is 0 Å². The predicted octanol–water partition coefficient (Wildman–Crippen LogP) is 3.00. The van der Waals surface area contributed by atoms with Crippen LogP contribution in [0.3, 0.4) is 0 Å². The number of rotatable bonds is 10. The fraction of sp³-hybridized carbons (Fsp3) is 0.440. The molecule has 8 nitrogen and oxygen atoms in total. The maximum absolute atomic E-state index is 14.5. The van der Waals surface area contributed by atoms with Gasteiger partial charge in [-0.1, -0.05) is 30.3 Å². The van der Waals surface area contributed by atoms with E-state index in [0.717, 1.165) is 14.2 Å². The summed E-state index contributed by atoms with van der Waals surface area (Å²) in [4.78, 5) is 27.6.